The number of hydrogen-bond donors (Lipinski definition) is 0. The van der Waals surface area contributed by atoms with Crippen LogP contribution in [0.2, 0.25) is 0 Å². The summed E-state index contributed by atoms with van der Waals surface area (Å²) in [4.78, 5) is 0. The molecule has 1 fully saturated rings. The van der Waals surface area contributed by atoms with Crippen molar-refractivity contribution in [2.45, 2.75) is 24.5 Å². The highest BCUT2D eigenvalue weighted by atomic mass is 32.3. The lowest BCUT2D eigenvalue weighted by atomic mass is 10.2. The van der Waals surface area contributed by atoms with Crippen LogP contribution in [0.5, 0.6) is 0 Å². The number of rotatable bonds is 4. The van der Waals surface area contributed by atoms with Crippen LogP contribution in [0, 0.1) is 0 Å². The van der Waals surface area contributed by atoms with Crippen molar-refractivity contribution in [1.29, 1.82) is 0 Å². The number of sulfonamides is 1. The smallest absolute Gasteiger partial charge is 0.404 e. The molecule has 0 spiro atoms. The van der Waals surface area contributed by atoms with E-state index >= 15 is 0 Å². The van der Waals surface area contributed by atoms with Gasteiger partial charge in [-0.1, -0.05) is 0 Å². The normalized spacial score (nSPS) is 19.9. The van der Waals surface area contributed by atoms with Gasteiger partial charge >= 0.3 is 5.51 Å². The van der Waals surface area contributed by atoms with Gasteiger partial charge in [-0.3, -0.25) is 4.18 Å². The van der Waals surface area contributed by atoms with E-state index in [1.54, 1.807) is 4.13 Å². The summed E-state index contributed by atoms with van der Waals surface area (Å²) in [6.45, 7) is 0.346. The van der Waals surface area contributed by atoms with E-state index in [0.717, 1.165) is 0 Å². The van der Waals surface area contributed by atoms with Crippen molar-refractivity contribution in [2.24, 2.45) is 0 Å². The minimum atomic E-state index is -6.13. The molecule has 0 atom stereocenters. The molecule has 0 bridgehead atoms. The molecule has 1 aliphatic heterocycles. The van der Waals surface area contributed by atoms with E-state index in [1.165, 1.54) is 0 Å². The molecule has 0 aromatic heterocycles. The van der Waals surface area contributed by atoms with Gasteiger partial charge in [-0.2, -0.15) is 13.2 Å². The number of hydrogen-bond acceptors (Lipinski definition) is 6. The Balaban J connectivity index is 2.71. The monoisotopic (exact) mass is 312 g/mol. The maximum absolute atomic E-state index is 11.9. The predicted octanol–water partition coefficient (Wildman–Crippen LogP) is 0.650. The highest BCUT2D eigenvalue weighted by molar-refractivity contribution is 8.10. The fourth-order valence-corrected chi connectivity index (χ4v) is 3.10. The van der Waals surface area contributed by atoms with Gasteiger partial charge < -0.3 is 8.86 Å². The molecule has 0 amide bonds. The molecule has 0 aromatic rings. The maximum atomic E-state index is 11.9. The molecular formula is C6H9F3NO6S2-. The molecule has 0 N–H and O–H groups in total. The van der Waals surface area contributed by atoms with E-state index in [0.29, 0.717) is 0 Å². The van der Waals surface area contributed by atoms with Crippen molar-refractivity contribution in [1.82, 2.24) is 0 Å². The summed E-state index contributed by atoms with van der Waals surface area (Å²) in [5, 5.41) is 0. The summed E-state index contributed by atoms with van der Waals surface area (Å²) >= 11 is 0. The lowest BCUT2D eigenvalue weighted by Crippen LogP contribution is -2.29. The van der Waals surface area contributed by atoms with Crippen molar-refractivity contribution < 1.29 is 38.9 Å². The third kappa shape index (κ3) is 4.35. The van der Waals surface area contributed by atoms with Crippen molar-refractivity contribution in [2.75, 3.05) is 13.2 Å². The van der Waals surface area contributed by atoms with E-state index < -0.39 is 31.9 Å². The second kappa shape index (κ2) is 5.28. The summed E-state index contributed by atoms with van der Waals surface area (Å²) in [7, 11) is -11.3. The number of halogens is 3. The fraction of sp³-hybridized carbons (Fsp3) is 1.00. The van der Waals surface area contributed by atoms with Gasteiger partial charge in [0.05, 0.1) is 6.10 Å². The van der Waals surface area contributed by atoms with Crippen molar-refractivity contribution in [3.8, 4) is 0 Å². The molecule has 7 nitrogen and oxygen atoms in total. The molecule has 108 valence electrons. The fourth-order valence-electron chi connectivity index (χ4n) is 1.12. The van der Waals surface area contributed by atoms with Gasteiger partial charge in [0.2, 0.25) is 10.3 Å². The molecule has 18 heavy (non-hydrogen) atoms. The van der Waals surface area contributed by atoms with Crippen LogP contribution in [0.25, 0.3) is 4.13 Å². The van der Waals surface area contributed by atoms with Gasteiger partial charge in [0.15, 0.2) is 10.0 Å². The van der Waals surface area contributed by atoms with Crippen LogP contribution in [-0.4, -0.2) is 41.7 Å². The van der Waals surface area contributed by atoms with Crippen molar-refractivity contribution in [3.63, 3.8) is 0 Å². The van der Waals surface area contributed by atoms with Crippen LogP contribution in [0.4, 0.5) is 13.2 Å². The molecule has 0 saturated carbocycles. The molecule has 0 radical (unpaired) electrons. The maximum Gasteiger partial charge on any atom is 0.480 e. The average molecular weight is 312 g/mol. The summed E-state index contributed by atoms with van der Waals surface area (Å²) in [5.41, 5.74) is -5.78. The standard InChI is InChI=1S/C6H9F3NO6S2/c7-6(8,9)17(11,12)10-18(13,14)16-5-1-3-15-4-2-5/h5H,1-4H2/q-1. The Morgan fingerprint density at radius 2 is 1.61 bits per heavy atom. The second-order valence-electron chi connectivity index (χ2n) is 3.33. The lowest BCUT2D eigenvalue weighted by molar-refractivity contribution is -0.0425. The summed E-state index contributed by atoms with van der Waals surface area (Å²) in [6.07, 6.45) is -0.683. The SMILES string of the molecule is O=S(=O)([N-]S(=O)(=O)C(F)(F)F)OC1CCOCC1. The molecule has 1 heterocycles. The number of nitrogens with zero attached hydrogens (tertiary/aromatic N) is 1. The highest BCUT2D eigenvalue weighted by Crippen LogP contribution is 2.31. The molecule has 1 rings (SSSR count). The third-order valence-electron chi connectivity index (χ3n) is 1.91. The topological polar surface area (TPSA) is 101 Å². The van der Waals surface area contributed by atoms with Gasteiger partial charge in [0.1, 0.15) is 0 Å². The first kappa shape index (κ1) is 15.6. The van der Waals surface area contributed by atoms with E-state index in [4.69, 9.17) is 4.74 Å². The van der Waals surface area contributed by atoms with E-state index in [1.807, 2.05) is 0 Å². The molecule has 0 unspecified atom stereocenters. The van der Waals surface area contributed by atoms with Gasteiger partial charge in [-0.05, 0) is 12.8 Å². The average Bonchev–Trinajstić information content (AvgIpc) is 2.14. The number of alkyl halides is 3. The first-order valence-electron chi connectivity index (χ1n) is 4.60. The minimum absolute atomic E-state index is 0.126. The number of ether oxygens (including phenoxy) is 1. The summed E-state index contributed by atoms with van der Waals surface area (Å²) in [5.74, 6) is 0. The molecule has 0 aliphatic carbocycles. The first-order valence-corrected chi connectivity index (χ1v) is 7.40. The zero-order valence-corrected chi connectivity index (χ0v) is 10.4. The van der Waals surface area contributed by atoms with Crippen LogP contribution in [0.3, 0.4) is 0 Å². The zero-order chi connectivity index (χ0) is 14.0. The van der Waals surface area contributed by atoms with Crippen LogP contribution in [0.1, 0.15) is 12.8 Å². The molecule has 0 aromatic carbocycles. The molecule has 1 saturated heterocycles. The van der Waals surface area contributed by atoms with Crippen molar-refractivity contribution >= 4 is 20.3 Å². The Hall–Kier alpha value is -0.430. The van der Waals surface area contributed by atoms with Crippen LogP contribution in [-0.2, 0) is 29.2 Å². The Morgan fingerprint density at radius 1 is 1.11 bits per heavy atom. The van der Waals surface area contributed by atoms with Gasteiger partial charge in [0.25, 0.3) is 0 Å². The minimum Gasteiger partial charge on any atom is -0.404 e. The van der Waals surface area contributed by atoms with Gasteiger partial charge in [-0.15, -0.1) is 0 Å². The first-order chi connectivity index (χ1) is 8.04. The van der Waals surface area contributed by atoms with E-state index in [9.17, 15) is 30.0 Å². The van der Waals surface area contributed by atoms with E-state index in [2.05, 4.69) is 4.18 Å². The van der Waals surface area contributed by atoms with Gasteiger partial charge in [-0.25, -0.2) is 16.8 Å². The van der Waals surface area contributed by atoms with Gasteiger partial charge in [0, 0.05) is 13.2 Å². The van der Waals surface area contributed by atoms with E-state index in [-0.39, 0.29) is 26.1 Å². The molecule has 12 heteroatoms. The Labute approximate surface area is 102 Å². The summed E-state index contributed by atoms with van der Waals surface area (Å²) in [6, 6.07) is 0. The largest absolute Gasteiger partial charge is 0.480 e. The highest BCUT2D eigenvalue weighted by Gasteiger charge is 2.41. The lowest BCUT2D eigenvalue weighted by Gasteiger charge is -2.27. The van der Waals surface area contributed by atoms with Crippen LogP contribution in [0.15, 0.2) is 0 Å². The molecule has 1 aliphatic rings. The van der Waals surface area contributed by atoms with Crippen LogP contribution >= 0.6 is 0 Å². The van der Waals surface area contributed by atoms with Crippen molar-refractivity contribution in [3.05, 3.63) is 4.13 Å². The Morgan fingerprint density at radius 3 is 2.06 bits per heavy atom. The summed E-state index contributed by atoms with van der Waals surface area (Å²) < 4.78 is 89.8. The predicted molar refractivity (Wildman–Crippen MR) is 52.2 cm³/mol. The van der Waals surface area contributed by atoms with Crippen LogP contribution < -0.4 is 0 Å². The second-order valence-corrected chi connectivity index (χ2v) is 6.39. The zero-order valence-electron chi connectivity index (χ0n) is 8.75. The Bertz CT molecular complexity index is 478. The Kier molecular flexibility index (Phi) is 4.59. The quantitative estimate of drug-likeness (QED) is 0.755. The third-order valence-corrected chi connectivity index (χ3v) is 4.52. The molecular weight excluding hydrogens is 303 g/mol.